The van der Waals surface area contributed by atoms with Crippen molar-refractivity contribution in [2.75, 3.05) is 11.9 Å². The standard InChI is InChI=1S/C12H16BrNO3/c1-10-5-6-11(14(15)16)9-12(10)17-8-4-2-3-7-13/h5-6,9H,2-4,7-8H2,1H3. The highest BCUT2D eigenvalue weighted by molar-refractivity contribution is 9.09. The van der Waals surface area contributed by atoms with Gasteiger partial charge in [0.25, 0.3) is 5.69 Å². The molecule has 17 heavy (non-hydrogen) atoms. The van der Waals surface area contributed by atoms with E-state index in [1.165, 1.54) is 12.1 Å². The van der Waals surface area contributed by atoms with Crippen LogP contribution in [-0.4, -0.2) is 16.9 Å². The fourth-order valence-corrected chi connectivity index (χ4v) is 1.81. The quantitative estimate of drug-likeness (QED) is 0.333. The predicted octanol–water partition coefficient (Wildman–Crippen LogP) is 3.85. The van der Waals surface area contributed by atoms with Crippen molar-refractivity contribution in [2.45, 2.75) is 26.2 Å². The Morgan fingerprint density at radius 2 is 2.12 bits per heavy atom. The van der Waals surface area contributed by atoms with Crippen LogP contribution < -0.4 is 4.74 Å². The summed E-state index contributed by atoms with van der Waals surface area (Å²) in [7, 11) is 0. The number of ether oxygens (including phenoxy) is 1. The van der Waals surface area contributed by atoms with E-state index in [1.54, 1.807) is 6.07 Å². The minimum absolute atomic E-state index is 0.0751. The maximum Gasteiger partial charge on any atom is 0.273 e. The second kappa shape index (κ2) is 7.27. The summed E-state index contributed by atoms with van der Waals surface area (Å²) in [5.41, 5.74) is 1.00. The Balaban J connectivity index is 2.51. The first-order chi connectivity index (χ1) is 8.15. The summed E-state index contributed by atoms with van der Waals surface area (Å²) in [4.78, 5) is 10.2. The first kappa shape index (κ1) is 14.0. The summed E-state index contributed by atoms with van der Waals surface area (Å²) in [6, 6.07) is 4.69. The smallest absolute Gasteiger partial charge is 0.273 e. The second-order valence-corrected chi connectivity index (χ2v) is 4.60. The number of nitrogens with zero attached hydrogens (tertiary/aromatic N) is 1. The molecule has 0 spiro atoms. The molecule has 4 nitrogen and oxygen atoms in total. The van der Waals surface area contributed by atoms with Gasteiger partial charge in [0.15, 0.2) is 0 Å². The lowest BCUT2D eigenvalue weighted by Gasteiger charge is -2.08. The molecule has 0 amide bonds. The number of non-ortho nitro benzene ring substituents is 1. The van der Waals surface area contributed by atoms with E-state index in [4.69, 9.17) is 4.74 Å². The van der Waals surface area contributed by atoms with Crippen LogP contribution in [0.15, 0.2) is 18.2 Å². The molecule has 0 saturated heterocycles. The average molecular weight is 302 g/mol. The molecule has 0 radical (unpaired) electrons. The van der Waals surface area contributed by atoms with Crippen molar-refractivity contribution in [3.63, 3.8) is 0 Å². The molecule has 0 aliphatic heterocycles. The van der Waals surface area contributed by atoms with Crippen molar-refractivity contribution in [2.24, 2.45) is 0 Å². The fraction of sp³-hybridized carbons (Fsp3) is 0.500. The zero-order valence-corrected chi connectivity index (χ0v) is 11.4. The first-order valence-corrected chi connectivity index (χ1v) is 6.71. The van der Waals surface area contributed by atoms with E-state index in [9.17, 15) is 10.1 Å². The Hall–Kier alpha value is -1.10. The summed E-state index contributed by atoms with van der Waals surface area (Å²) in [5.74, 6) is 0.609. The number of nitro benzene ring substituents is 1. The van der Waals surface area contributed by atoms with Crippen LogP contribution in [0, 0.1) is 17.0 Å². The highest BCUT2D eigenvalue weighted by Crippen LogP contribution is 2.24. The minimum atomic E-state index is -0.406. The van der Waals surface area contributed by atoms with Gasteiger partial charge in [-0.2, -0.15) is 0 Å². The summed E-state index contributed by atoms with van der Waals surface area (Å²) in [6.07, 6.45) is 3.18. The van der Waals surface area contributed by atoms with Crippen molar-refractivity contribution < 1.29 is 9.66 Å². The van der Waals surface area contributed by atoms with Gasteiger partial charge in [0, 0.05) is 11.4 Å². The first-order valence-electron chi connectivity index (χ1n) is 5.59. The number of aryl methyl sites for hydroxylation is 1. The van der Waals surface area contributed by atoms with Gasteiger partial charge in [-0.05, 0) is 37.8 Å². The molecular weight excluding hydrogens is 286 g/mol. The van der Waals surface area contributed by atoms with Crippen LogP contribution in [0.4, 0.5) is 5.69 Å². The zero-order valence-electron chi connectivity index (χ0n) is 9.82. The minimum Gasteiger partial charge on any atom is -0.493 e. The molecule has 5 heteroatoms. The largest absolute Gasteiger partial charge is 0.493 e. The topological polar surface area (TPSA) is 52.4 Å². The number of alkyl halides is 1. The molecule has 0 N–H and O–H groups in total. The molecule has 0 bridgehead atoms. The number of benzene rings is 1. The summed E-state index contributed by atoms with van der Waals surface area (Å²) < 4.78 is 5.55. The Morgan fingerprint density at radius 1 is 1.35 bits per heavy atom. The van der Waals surface area contributed by atoms with Gasteiger partial charge in [0.1, 0.15) is 5.75 Å². The summed E-state index contributed by atoms with van der Waals surface area (Å²) >= 11 is 3.37. The molecule has 0 aliphatic rings. The molecule has 94 valence electrons. The molecule has 0 aliphatic carbocycles. The number of hydrogen-bond acceptors (Lipinski definition) is 3. The second-order valence-electron chi connectivity index (χ2n) is 3.81. The SMILES string of the molecule is Cc1ccc([N+](=O)[O-])cc1OCCCCCBr. The highest BCUT2D eigenvalue weighted by Gasteiger charge is 2.09. The van der Waals surface area contributed by atoms with E-state index >= 15 is 0 Å². The molecule has 0 saturated carbocycles. The van der Waals surface area contributed by atoms with Crippen molar-refractivity contribution in [3.8, 4) is 5.75 Å². The number of unbranched alkanes of at least 4 members (excludes halogenated alkanes) is 2. The van der Waals surface area contributed by atoms with E-state index in [0.717, 1.165) is 30.2 Å². The molecule has 0 unspecified atom stereocenters. The van der Waals surface area contributed by atoms with E-state index in [-0.39, 0.29) is 5.69 Å². The lowest BCUT2D eigenvalue weighted by molar-refractivity contribution is -0.384. The Kier molecular flexibility index (Phi) is 5.97. The van der Waals surface area contributed by atoms with Gasteiger partial charge in [-0.3, -0.25) is 10.1 Å². The van der Waals surface area contributed by atoms with Crippen molar-refractivity contribution in [1.82, 2.24) is 0 Å². The van der Waals surface area contributed by atoms with Gasteiger partial charge in [-0.25, -0.2) is 0 Å². The predicted molar refractivity (Wildman–Crippen MR) is 71.0 cm³/mol. The molecule has 0 heterocycles. The van der Waals surface area contributed by atoms with Crippen molar-refractivity contribution >= 4 is 21.6 Å². The Labute approximate surface area is 109 Å². The van der Waals surface area contributed by atoms with E-state index in [2.05, 4.69) is 15.9 Å². The van der Waals surface area contributed by atoms with Crippen LogP contribution in [0.25, 0.3) is 0 Å². The van der Waals surface area contributed by atoms with Crippen LogP contribution in [0.5, 0.6) is 5.75 Å². The van der Waals surface area contributed by atoms with Crippen LogP contribution >= 0.6 is 15.9 Å². The summed E-state index contributed by atoms with van der Waals surface area (Å²) in [5, 5.41) is 11.6. The van der Waals surface area contributed by atoms with Gasteiger partial charge < -0.3 is 4.74 Å². The third-order valence-electron chi connectivity index (χ3n) is 2.42. The van der Waals surface area contributed by atoms with Crippen molar-refractivity contribution in [3.05, 3.63) is 33.9 Å². The molecule has 0 atom stereocenters. The Morgan fingerprint density at radius 3 is 2.76 bits per heavy atom. The van der Waals surface area contributed by atoms with E-state index < -0.39 is 4.92 Å². The van der Waals surface area contributed by atoms with Gasteiger partial charge in [0.2, 0.25) is 0 Å². The molecule has 1 rings (SSSR count). The van der Waals surface area contributed by atoms with Crippen molar-refractivity contribution in [1.29, 1.82) is 0 Å². The molecule has 0 fully saturated rings. The number of nitro groups is 1. The van der Waals surface area contributed by atoms with Crippen LogP contribution in [0.2, 0.25) is 0 Å². The summed E-state index contributed by atoms with van der Waals surface area (Å²) in [6.45, 7) is 2.49. The van der Waals surface area contributed by atoms with E-state index in [0.29, 0.717) is 12.4 Å². The monoisotopic (exact) mass is 301 g/mol. The third-order valence-corrected chi connectivity index (χ3v) is 2.98. The lowest BCUT2D eigenvalue weighted by Crippen LogP contribution is -2.00. The lowest BCUT2D eigenvalue weighted by atomic mass is 10.2. The molecular formula is C12H16BrNO3. The normalized spacial score (nSPS) is 10.2. The molecule has 0 aromatic heterocycles. The van der Waals surface area contributed by atoms with Gasteiger partial charge in [-0.1, -0.05) is 15.9 Å². The number of hydrogen-bond donors (Lipinski definition) is 0. The van der Waals surface area contributed by atoms with Gasteiger partial charge in [0.05, 0.1) is 17.6 Å². The third kappa shape index (κ3) is 4.73. The molecule has 1 aromatic rings. The zero-order chi connectivity index (χ0) is 12.7. The number of halogens is 1. The maximum absolute atomic E-state index is 10.6. The van der Waals surface area contributed by atoms with E-state index in [1.807, 2.05) is 6.92 Å². The average Bonchev–Trinajstić information content (AvgIpc) is 2.30. The Bertz CT molecular complexity index is 382. The van der Waals surface area contributed by atoms with Gasteiger partial charge in [-0.15, -0.1) is 0 Å². The van der Waals surface area contributed by atoms with Crippen LogP contribution in [0.1, 0.15) is 24.8 Å². The molecule has 1 aromatic carbocycles. The number of rotatable bonds is 7. The van der Waals surface area contributed by atoms with Crippen LogP contribution in [-0.2, 0) is 0 Å². The fourth-order valence-electron chi connectivity index (χ4n) is 1.41. The maximum atomic E-state index is 10.6. The highest BCUT2D eigenvalue weighted by atomic mass is 79.9. The van der Waals surface area contributed by atoms with Gasteiger partial charge >= 0.3 is 0 Å². The van der Waals surface area contributed by atoms with Crippen LogP contribution in [0.3, 0.4) is 0 Å².